The normalized spacial score (nSPS) is 13.2. The molecule has 4 aromatic rings. The van der Waals surface area contributed by atoms with Crippen LogP contribution in [0.1, 0.15) is 200 Å². The second kappa shape index (κ2) is 21.1. The van der Waals surface area contributed by atoms with Crippen LogP contribution in [-0.2, 0) is 5.41 Å². The third-order valence-electron chi connectivity index (χ3n) is 14.5. The third-order valence-corrected chi connectivity index (χ3v) is 14.5. The lowest BCUT2D eigenvalue weighted by Gasteiger charge is -2.33. The predicted molar refractivity (Wildman–Crippen MR) is 260 cm³/mol. The third kappa shape index (κ3) is 9.21. The van der Waals surface area contributed by atoms with E-state index in [4.69, 9.17) is 0 Å². The fraction of sp³-hybridized carbons (Fsp3) is 0.458. The molecule has 0 fully saturated rings. The van der Waals surface area contributed by atoms with Crippen LogP contribution in [0.5, 0.6) is 0 Å². The fourth-order valence-electron chi connectivity index (χ4n) is 11.2. The predicted octanol–water partition coefficient (Wildman–Crippen LogP) is 16.9. The first kappa shape index (κ1) is 45.3. The summed E-state index contributed by atoms with van der Waals surface area (Å²) in [7, 11) is 0. The van der Waals surface area contributed by atoms with Crippen molar-refractivity contribution in [1.29, 1.82) is 21.0 Å². The zero-order valence-electron chi connectivity index (χ0n) is 38.6. The quantitative estimate of drug-likeness (QED) is 0.0503. The molecule has 0 saturated carbocycles. The van der Waals surface area contributed by atoms with Gasteiger partial charge in [-0.25, -0.2) is 0 Å². The number of fused-ring (bicyclic) bond motifs is 9. The van der Waals surface area contributed by atoms with Gasteiger partial charge in [0.2, 0.25) is 0 Å². The minimum absolute atomic E-state index is 0.137. The average molecular weight is 831 g/mol. The van der Waals surface area contributed by atoms with Crippen molar-refractivity contribution in [2.24, 2.45) is 0 Å². The van der Waals surface area contributed by atoms with E-state index >= 15 is 0 Å². The molecule has 0 atom stereocenters. The highest BCUT2D eigenvalue weighted by atomic mass is 14.5. The second-order valence-corrected chi connectivity index (χ2v) is 18.9. The van der Waals surface area contributed by atoms with E-state index in [0.29, 0.717) is 0 Å². The van der Waals surface area contributed by atoms with Crippen LogP contribution >= 0.6 is 0 Å². The van der Waals surface area contributed by atoms with E-state index in [9.17, 15) is 21.0 Å². The molecule has 3 aliphatic rings. The van der Waals surface area contributed by atoms with Crippen LogP contribution in [0.15, 0.2) is 71.8 Å². The molecule has 4 nitrogen and oxygen atoms in total. The zero-order chi connectivity index (χ0) is 44.3. The molecule has 0 amide bonds. The van der Waals surface area contributed by atoms with Gasteiger partial charge in [0.25, 0.3) is 0 Å². The van der Waals surface area contributed by atoms with Crippen molar-refractivity contribution in [3.8, 4) is 57.7 Å². The SMILES string of the molecule is CCCCCCCCCCCCC1(CCCCCCCCCCCC)c2cc3c(cc2-c2cc4c(cc21)-c1ccc(C)cc1C4=C(C#N)C#N)C(=C(C#N)C#N)c1cc(C)ccc1-3. The van der Waals surface area contributed by atoms with Gasteiger partial charge in [-0.15, -0.1) is 0 Å². The second-order valence-electron chi connectivity index (χ2n) is 18.9. The summed E-state index contributed by atoms with van der Waals surface area (Å²) in [6, 6.07) is 31.4. The Morgan fingerprint density at radius 2 is 0.683 bits per heavy atom. The summed E-state index contributed by atoms with van der Waals surface area (Å²) >= 11 is 0. The fourth-order valence-corrected chi connectivity index (χ4v) is 11.2. The maximum absolute atomic E-state index is 10.3. The Labute approximate surface area is 379 Å². The van der Waals surface area contributed by atoms with Gasteiger partial charge in [0.1, 0.15) is 35.4 Å². The Hall–Kier alpha value is -5.68. The van der Waals surface area contributed by atoms with Crippen molar-refractivity contribution >= 4 is 11.1 Å². The number of hydrogen-bond donors (Lipinski definition) is 0. The molecule has 4 heteroatoms. The van der Waals surface area contributed by atoms with Crippen LogP contribution < -0.4 is 0 Å². The maximum Gasteiger partial charge on any atom is 0.138 e. The Morgan fingerprint density at radius 1 is 0.365 bits per heavy atom. The first-order chi connectivity index (χ1) is 30.8. The summed E-state index contributed by atoms with van der Waals surface area (Å²) in [5, 5.41) is 41.4. The summed E-state index contributed by atoms with van der Waals surface area (Å²) in [4.78, 5) is 0. The number of unbranched alkanes of at least 4 members (excludes halogenated alkanes) is 18. The molecular weight excluding hydrogens is 765 g/mol. The molecule has 63 heavy (non-hydrogen) atoms. The summed E-state index contributed by atoms with van der Waals surface area (Å²) < 4.78 is 0. The summed E-state index contributed by atoms with van der Waals surface area (Å²) in [6.07, 6.45) is 27.9. The van der Waals surface area contributed by atoms with Crippen LogP contribution in [0, 0.1) is 59.2 Å². The number of rotatable bonds is 22. The number of hydrogen-bond acceptors (Lipinski definition) is 4. The highest BCUT2D eigenvalue weighted by Crippen LogP contribution is 2.61. The zero-order valence-corrected chi connectivity index (χ0v) is 38.6. The molecule has 0 bridgehead atoms. The minimum Gasteiger partial charge on any atom is -0.192 e. The molecule has 0 unspecified atom stereocenters. The molecule has 3 aliphatic carbocycles. The van der Waals surface area contributed by atoms with Crippen molar-refractivity contribution < 1.29 is 0 Å². The van der Waals surface area contributed by atoms with Crippen molar-refractivity contribution in [2.75, 3.05) is 0 Å². The Balaban J connectivity index is 1.34. The van der Waals surface area contributed by atoms with E-state index in [1.807, 2.05) is 0 Å². The van der Waals surface area contributed by atoms with Crippen LogP contribution in [0.4, 0.5) is 0 Å². The number of nitriles is 4. The number of benzene rings is 4. The van der Waals surface area contributed by atoms with E-state index in [1.54, 1.807) is 0 Å². The van der Waals surface area contributed by atoms with Gasteiger partial charge in [-0.2, -0.15) is 21.0 Å². The van der Waals surface area contributed by atoms with E-state index in [-0.39, 0.29) is 16.6 Å². The smallest absolute Gasteiger partial charge is 0.138 e. The van der Waals surface area contributed by atoms with Crippen molar-refractivity contribution in [3.63, 3.8) is 0 Å². The maximum atomic E-state index is 10.3. The van der Waals surface area contributed by atoms with E-state index < -0.39 is 0 Å². The summed E-state index contributed by atoms with van der Waals surface area (Å²) in [5.41, 5.74) is 16.9. The van der Waals surface area contributed by atoms with Gasteiger partial charge in [-0.1, -0.05) is 190 Å². The van der Waals surface area contributed by atoms with Crippen molar-refractivity contribution in [1.82, 2.24) is 0 Å². The molecule has 322 valence electrons. The molecule has 7 rings (SSSR count). The molecule has 0 aromatic heterocycles. The van der Waals surface area contributed by atoms with Gasteiger partial charge >= 0.3 is 0 Å². The Bertz CT molecular complexity index is 2360. The van der Waals surface area contributed by atoms with E-state index in [2.05, 4.69) is 113 Å². The summed E-state index contributed by atoms with van der Waals surface area (Å²) in [5.74, 6) is 0. The topological polar surface area (TPSA) is 95.2 Å². The van der Waals surface area contributed by atoms with Gasteiger partial charge in [-0.3, -0.25) is 0 Å². The minimum atomic E-state index is -0.232. The van der Waals surface area contributed by atoms with Crippen LogP contribution in [0.2, 0.25) is 0 Å². The summed E-state index contributed by atoms with van der Waals surface area (Å²) in [6.45, 7) is 8.71. The van der Waals surface area contributed by atoms with Gasteiger partial charge < -0.3 is 0 Å². The van der Waals surface area contributed by atoms with Crippen molar-refractivity contribution in [2.45, 2.75) is 174 Å². The lowest BCUT2D eigenvalue weighted by molar-refractivity contribution is 0.397. The lowest BCUT2D eigenvalue weighted by atomic mass is 9.69. The molecule has 0 heterocycles. The first-order valence-electron chi connectivity index (χ1n) is 24.6. The molecule has 0 spiro atoms. The van der Waals surface area contributed by atoms with Crippen LogP contribution in [0.25, 0.3) is 44.5 Å². The highest BCUT2D eigenvalue weighted by molar-refractivity contribution is 6.09. The molecule has 0 aliphatic heterocycles. The van der Waals surface area contributed by atoms with Gasteiger partial charge in [0.05, 0.1) is 0 Å². The monoisotopic (exact) mass is 831 g/mol. The Kier molecular flexibility index (Phi) is 15.2. The molecular formula is C59H66N4. The Morgan fingerprint density at radius 3 is 1.02 bits per heavy atom. The van der Waals surface area contributed by atoms with Crippen LogP contribution in [-0.4, -0.2) is 0 Å². The molecule has 4 aromatic carbocycles. The molecule has 0 radical (unpaired) electrons. The molecule has 0 saturated heterocycles. The lowest BCUT2D eigenvalue weighted by Crippen LogP contribution is -2.26. The van der Waals surface area contributed by atoms with E-state index in [0.717, 1.165) is 104 Å². The number of aryl methyl sites for hydroxylation is 2. The first-order valence-corrected chi connectivity index (χ1v) is 24.6. The highest BCUT2D eigenvalue weighted by Gasteiger charge is 2.45. The number of allylic oxidation sites excluding steroid dienone is 2. The van der Waals surface area contributed by atoms with Gasteiger partial charge in [-0.05, 0) is 118 Å². The average Bonchev–Trinajstić information content (AvgIpc) is 3.86. The van der Waals surface area contributed by atoms with Gasteiger partial charge in [0, 0.05) is 16.6 Å². The molecule has 0 N–H and O–H groups in total. The van der Waals surface area contributed by atoms with Crippen molar-refractivity contribution in [3.05, 3.63) is 116 Å². The number of nitrogens with zero attached hydrogens (tertiary/aromatic N) is 4. The van der Waals surface area contributed by atoms with E-state index in [1.165, 1.54) is 127 Å². The largest absolute Gasteiger partial charge is 0.192 e. The standard InChI is InChI=1S/C59H66N4/c1-5-7-9-11-13-15-17-19-21-23-29-59(30-24-22-20-18-16-14-12-10-8-6-2)55-35-47-45-27-25-41(3)31-51(45)57(43(37-60)38-61)53(47)33-49(55)50-34-54-48(36-56(50)59)46-28-26-42(4)32-52(46)58(54)44(39-62)40-63/h25-28,31-36H,5-24,29-30H2,1-4H3. The van der Waals surface area contributed by atoms with Gasteiger partial charge in [0.15, 0.2) is 0 Å². The van der Waals surface area contributed by atoms with Crippen LogP contribution in [0.3, 0.4) is 0 Å².